The number of hydrogen-bond donors (Lipinski definition) is 1. The highest BCUT2D eigenvalue weighted by Gasteiger charge is 2.23. The molecule has 408 valence electrons. The highest BCUT2D eigenvalue weighted by Crippen LogP contribution is 2.37. The first-order chi connectivity index (χ1) is 39.6. The van der Waals surface area contributed by atoms with Gasteiger partial charge in [-0.15, -0.1) is 39.2 Å². The van der Waals surface area contributed by atoms with Crippen molar-refractivity contribution in [3.8, 4) is 24.0 Å². The lowest BCUT2D eigenvalue weighted by Gasteiger charge is -2.32. The first-order valence-electron chi connectivity index (χ1n) is 27.8. The maximum absolute atomic E-state index is 6.60. The standard InChI is InChI=1S/C71H70N4.2C2H4.C2H2/c1-51-23-12-9-7-8-10-13-26-54(4)70(55(51)5)74(50-66-31-19-21-34-68(66)72)47-56-27-22-32-58(38-35-56)61-41-43-64-46-62(42-44-63(64)45-61)59-39-36-57(37-40-59)48-75(49-65-30-18-16-24-52(65)2)71(67-33-20-17-25-53(67)3)69(73-6)60-28-14-11-15-29-60;3*1-2/h7-8,10,12-14,16-26,28-46H,1,6,9,11,15,27,47-50,72H2,2-5H3;2*1-2H2;1-2H/b8-7+,13-10-,23-12-,54-26+,70-55+,71-69-;;;. The second kappa shape index (κ2) is 31.2. The molecule has 0 saturated carbocycles. The summed E-state index contributed by atoms with van der Waals surface area (Å²) >= 11 is 0. The van der Waals surface area contributed by atoms with E-state index in [9.17, 15) is 0 Å². The number of nitrogens with two attached hydrogens (primary N) is 1. The molecule has 0 aliphatic heterocycles. The summed E-state index contributed by atoms with van der Waals surface area (Å²) in [6, 6.07) is 48.4. The molecule has 4 nitrogen and oxygen atoms in total. The third-order valence-electron chi connectivity index (χ3n) is 14.6. The summed E-state index contributed by atoms with van der Waals surface area (Å²) in [7, 11) is 0. The van der Waals surface area contributed by atoms with Gasteiger partial charge in [-0.05, 0) is 167 Å². The van der Waals surface area contributed by atoms with Gasteiger partial charge in [0.05, 0.1) is 11.4 Å². The number of terminal acetylenes is 1. The molecule has 0 unspecified atom stereocenters. The Kier molecular flexibility index (Phi) is 23.4. The number of hydrogen-bond acceptors (Lipinski definition) is 4. The molecule has 0 saturated heterocycles. The summed E-state index contributed by atoms with van der Waals surface area (Å²) in [6.45, 7) is 32.3. The van der Waals surface area contributed by atoms with Crippen LogP contribution in [0.3, 0.4) is 0 Å². The Labute approximate surface area is 485 Å². The van der Waals surface area contributed by atoms with Crippen molar-refractivity contribution in [2.75, 3.05) is 12.3 Å². The lowest BCUT2D eigenvalue weighted by molar-refractivity contribution is 0.366. The Morgan fingerprint density at radius 3 is 1.95 bits per heavy atom. The van der Waals surface area contributed by atoms with Gasteiger partial charge >= 0.3 is 0 Å². The molecule has 3 aliphatic carbocycles. The second-order valence-corrected chi connectivity index (χ2v) is 20.0. The maximum atomic E-state index is 6.60. The van der Waals surface area contributed by atoms with E-state index in [1.807, 2.05) is 12.1 Å². The Balaban J connectivity index is 0.00000170. The SMILES string of the molecule is C#C.C=C.C=C.C=N/C(C1=CCCC=C1)=C(/c1ccccc1C)N(Cc1ccc(-c2ccc3cc(C4=CC=C(CN(Cc5ccccc5N)C5=C(\C)C(=C)/C=C\C/C=C/C=C\C=C\5C)CC=C4)ccc3c2)cc1)Cc1ccccc1C. The van der Waals surface area contributed by atoms with E-state index < -0.39 is 0 Å². The fourth-order valence-corrected chi connectivity index (χ4v) is 10.4. The molecule has 6 aromatic carbocycles. The summed E-state index contributed by atoms with van der Waals surface area (Å²) in [5.74, 6) is 0. The van der Waals surface area contributed by atoms with Gasteiger partial charge in [0.1, 0.15) is 0 Å². The smallest absolute Gasteiger partial charge is 0.0931 e. The van der Waals surface area contributed by atoms with E-state index in [-0.39, 0.29) is 0 Å². The van der Waals surface area contributed by atoms with E-state index in [0.29, 0.717) is 13.1 Å². The molecule has 0 atom stereocenters. The molecule has 0 bridgehead atoms. The van der Waals surface area contributed by atoms with Crippen LogP contribution in [-0.4, -0.2) is 23.1 Å². The molecule has 0 amide bonds. The topological polar surface area (TPSA) is 44.9 Å². The lowest BCUT2D eigenvalue weighted by atomic mass is 9.95. The number of nitrogens with zero attached hydrogens (tertiary/aromatic N) is 3. The number of fused-ring (bicyclic) bond motifs is 1. The Morgan fingerprint density at radius 1 is 0.593 bits per heavy atom. The first kappa shape index (κ1) is 60.8. The monoisotopic (exact) mass is 1060 g/mol. The van der Waals surface area contributed by atoms with E-state index in [1.165, 1.54) is 77.7 Å². The minimum atomic E-state index is 0.672. The molecule has 81 heavy (non-hydrogen) atoms. The molecular weight excluding hydrogens is 981 g/mol. The predicted molar refractivity (Wildman–Crippen MR) is 355 cm³/mol. The van der Waals surface area contributed by atoms with Crippen molar-refractivity contribution in [3.63, 3.8) is 0 Å². The number of aryl methyl sites for hydroxylation is 2. The highest BCUT2D eigenvalue weighted by atomic mass is 15.2. The molecule has 0 fully saturated rings. The molecule has 0 heterocycles. The van der Waals surface area contributed by atoms with Crippen molar-refractivity contribution >= 4 is 34.4 Å². The van der Waals surface area contributed by atoms with Crippen LogP contribution in [0.25, 0.3) is 33.2 Å². The summed E-state index contributed by atoms with van der Waals surface area (Å²) in [4.78, 5) is 9.76. The molecular formula is C77H80N4. The van der Waals surface area contributed by atoms with E-state index in [0.717, 1.165) is 78.1 Å². The van der Waals surface area contributed by atoms with E-state index in [2.05, 4.69) is 296 Å². The van der Waals surface area contributed by atoms with Crippen LogP contribution in [0.4, 0.5) is 5.69 Å². The second-order valence-electron chi connectivity index (χ2n) is 20.0. The van der Waals surface area contributed by atoms with Crippen LogP contribution in [0.2, 0.25) is 0 Å². The van der Waals surface area contributed by atoms with Gasteiger partial charge in [0.25, 0.3) is 0 Å². The fourth-order valence-electron chi connectivity index (χ4n) is 10.4. The van der Waals surface area contributed by atoms with Crippen molar-refractivity contribution in [2.45, 2.75) is 73.0 Å². The van der Waals surface area contributed by atoms with Crippen LogP contribution in [0.1, 0.15) is 78.5 Å². The van der Waals surface area contributed by atoms with Gasteiger partial charge < -0.3 is 15.5 Å². The van der Waals surface area contributed by atoms with Gasteiger partial charge in [-0.1, -0.05) is 207 Å². The van der Waals surface area contributed by atoms with Gasteiger partial charge in [-0.25, -0.2) is 0 Å². The van der Waals surface area contributed by atoms with E-state index in [1.54, 1.807) is 0 Å². The Bertz CT molecular complexity index is 3550. The van der Waals surface area contributed by atoms with Gasteiger partial charge in [0, 0.05) is 43.1 Å². The van der Waals surface area contributed by atoms with Crippen molar-refractivity contribution in [3.05, 3.63) is 330 Å². The zero-order valence-corrected chi connectivity index (χ0v) is 48.3. The van der Waals surface area contributed by atoms with Crippen molar-refractivity contribution < 1.29 is 0 Å². The average molecular weight is 1060 g/mol. The lowest BCUT2D eigenvalue weighted by Crippen LogP contribution is -2.27. The first-order valence-corrected chi connectivity index (χ1v) is 27.8. The number of aliphatic imine (C=N–C) groups is 1. The number of benzene rings is 6. The highest BCUT2D eigenvalue weighted by molar-refractivity contribution is 5.91. The van der Waals surface area contributed by atoms with Crippen molar-refractivity contribution in [1.29, 1.82) is 0 Å². The van der Waals surface area contributed by atoms with Crippen LogP contribution in [0.5, 0.6) is 0 Å². The molecule has 2 N–H and O–H groups in total. The van der Waals surface area contributed by atoms with Crippen LogP contribution >= 0.6 is 0 Å². The van der Waals surface area contributed by atoms with E-state index in [4.69, 9.17) is 10.7 Å². The normalized spacial score (nSPS) is 17.0. The summed E-state index contributed by atoms with van der Waals surface area (Å²) < 4.78 is 0. The third-order valence-corrected chi connectivity index (χ3v) is 14.6. The van der Waals surface area contributed by atoms with Gasteiger partial charge in [0.15, 0.2) is 0 Å². The summed E-state index contributed by atoms with van der Waals surface area (Å²) in [6.07, 6.45) is 42.7. The molecule has 4 heteroatoms. The van der Waals surface area contributed by atoms with Crippen LogP contribution in [-0.2, 0) is 19.6 Å². The molecule has 6 aromatic rings. The van der Waals surface area contributed by atoms with Crippen LogP contribution < -0.4 is 5.73 Å². The van der Waals surface area contributed by atoms with Crippen LogP contribution in [0, 0.1) is 26.7 Å². The number of allylic oxidation sites excluding steroid dienone is 18. The molecule has 0 radical (unpaired) electrons. The number of para-hydroxylation sites is 1. The quantitative estimate of drug-likeness (QED) is 0.0482. The molecule has 0 spiro atoms. The minimum Gasteiger partial charge on any atom is -0.398 e. The van der Waals surface area contributed by atoms with Gasteiger partial charge in [-0.3, -0.25) is 4.99 Å². The van der Waals surface area contributed by atoms with Crippen molar-refractivity contribution in [1.82, 2.24) is 9.80 Å². The number of rotatable bonds is 15. The molecule has 0 aromatic heterocycles. The fraction of sp³-hybridized carbons (Fsp3) is 0.156. The molecule has 9 rings (SSSR count). The molecule has 3 aliphatic rings. The zero-order valence-electron chi connectivity index (χ0n) is 48.3. The third kappa shape index (κ3) is 16.1. The average Bonchev–Trinajstić information content (AvgIpc) is 3.85. The number of anilines is 1. The summed E-state index contributed by atoms with van der Waals surface area (Å²) in [5.41, 5.74) is 28.4. The van der Waals surface area contributed by atoms with E-state index >= 15 is 0 Å². The maximum Gasteiger partial charge on any atom is 0.0931 e. The zero-order chi connectivity index (χ0) is 58.1. The number of nitrogen functional groups attached to an aromatic ring is 1. The summed E-state index contributed by atoms with van der Waals surface area (Å²) in [5, 5.41) is 2.43. The predicted octanol–water partition coefficient (Wildman–Crippen LogP) is 19.5. The Morgan fingerprint density at radius 2 is 1.26 bits per heavy atom. The largest absolute Gasteiger partial charge is 0.398 e. The van der Waals surface area contributed by atoms with Gasteiger partial charge in [0.2, 0.25) is 0 Å². The minimum absolute atomic E-state index is 0.672. The Hall–Kier alpha value is -9.43. The van der Waals surface area contributed by atoms with Crippen LogP contribution in [0.15, 0.2) is 296 Å². The van der Waals surface area contributed by atoms with Crippen molar-refractivity contribution in [2.24, 2.45) is 4.99 Å². The van der Waals surface area contributed by atoms with Gasteiger partial charge in [-0.2, -0.15) is 0 Å².